The molecule has 40 heavy (non-hydrogen) atoms. The molecule has 2 aromatic carbocycles. The highest BCUT2D eigenvalue weighted by Gasteiger charge is 2.68. The van der Waals surface area contributed by atoms with E-state index in [-0.39, 0.29) is 53.7 Å². The average molecular weight is 607 g/mol. The molecule has 0 radical (unpaired) electrons. The number of benzene rings is 2. The standard InChI is InChI=1S/C30H39N5O2S.2ClH/c31-29(38)34-25-13-11-23(12-14-25)20-33-28(37)30-18-24(30)15-16-35(30)27(36)26(17-21-7-3-1-4-8-21)32-19-22-9-5-2-6-10-22;;/h2,5-6,9-14,21,24,26,32H,1,3-4,7-8,15-20H2,(H,33,37)(H3,31,34,38);2*1H/t24-,26-,30+;;/m1../s1. The van der Waals surface area contributed by atoms with Gasteiger partial charge in [-0.2, -0.15) is 0 Å². The lowest BCUT2D eigenvalue weighted by Gasteiger charge is -2.33. The fraction of sp³-hybridized carbons (Fsp3) is 0.500. The van der Waals surface area contributed by atoms with E-state index < -0.39 is 5.54 Å². The van der Waals surface area contributed by atoms with Gasteiger partial charge in [-0.15, -0.1) is 24.8 Å². The van der Waals surface area contributed by atoms with Crippen LogP contribution in [0.5, 0.6) is 0 Å². The number of likely N-dealkylation sites (tertiary alicyclic amines) is 1. The van der Waals surface area contributed by atoms with E-state index in [1.807, 2.05) is 47.4 Å². The summed E-state index contributed by atoms with van der Waals surface area (Å²) in [4.78, 5) is 29.5. The van der Waals surface area contributed by atoms with Crippen molar-refractivity contribution in [1.82, 2.24) is 15.5 Å². The van der Waals surface area contributed by atoms with Crippen LogP contribution >= 0.6 is 37.0 Å². The monoisotopic (exact) mass is 605 g/mol. The highest BCUT2D eigenvalue weighted by Crippen LogP contribution is 2.56. The first-order valence-electron chi connectivity index (χ1n) is 14.0. The van der Waals surface area contributed by atoms with Crippen molar-refractivity contribution >= 4 is 59.6 Å². The summed E-state index contributed by atoms with van der Waals surface area (Å²) in [6.45, 7) is 1.73. The van der Waals surface area contributed by atoms with Crippen LogP contribution in [0, 0.1) is 11.8 Å². The first-order valence-corrected chi connectivity index (χ1v) is 14.4. The molecule has 3 atom stereocenters. The van der Waals surface area contributed by atoms with Gasteiger partial charge in [0.2, 0.25) is 11.8 Å². The summed E-state index contributed by atoms with van der Waals surface area (Å²) in [6.07, 6.45) is 8.67. The number of anilines is 1. The molecule has 0 bridgehead atoms. The summed E-state index contributed by atoms with van der Waals surface area (Å²) in [6, 6.07) is 17.6. The second-order valence-electron chi connectivity index (χ2n) is 11.1. The van der Waals surface area contributed by atoms with Crippen LogP contribution < -0.4 is 21.7 Å². The number of hydrogen-bond donors (Lipinski definition) is 4. The van der Waals surface area contributed by atoms with Gasteiger partial charge < -0.3 is 26.6 Å². The molecule has 1 heterocycles. The van der Waals surface area contributed by atoms with Crippen LogP contribution in [-0.4, -0.2) is 40.0 Å². The van der Waals surface area contributed by atoms with Crippen LogP contribution in [0.2, 0.25) is 0 Å². The predicted octanol–water partition coefficient (Wildman–Crippen LogP) is 4.92. The van der Waals surface area contributed by atoms with Crippen molar-refractivity contribution < 1.29 is 9.59 Å². The number of fused-ring (bicyclic) bond motifs is 1. The Balaban J connectivity index is 0.00000220. The second kappa shape index (κ2) is 14.5. The number of hydrogen-bond acceptors (Lipinski definition) is 4. The normalized spacial score (nSPS) is 22.2. The molecular formula is C30H41Cl2N5O2S. The summed E-state index contributed by atoms with van der Waals surface area (Å²) < 4.78 is 0. The van der Waals surface area contributed by atoms with Gasteiger partial charge in [0.1, 0.15) is 5.54 Å². The van der Waals surface area contributed by atoms with Gasteiger partial charge in [-0.05, 0) is 66.6 Å². The molecule has 2 saturated carbocycles. The van der Waals surface area contributed by atoms with Gasteiger partial charge in [-0.3, -0.25) is 9.59 Å². The average Bonchev–Trinajstić information content (AvgIpc) is 3.55. The number of carbonyl (C=O) groups excluding carboxylic acids is 2. The van der Waals surface area contributed by atoms with E-state index in [0.717, 1.165) is 30.5 Å². The number of piperidine rings is 1. The van der Waals surface area contributed by atoms with Crippen LogP contribution in [0.4, 0.5) is 5.69 Å². The molecule has 218 valence electrons. The minimum Gasteiger partial charge on any atom is -0.376 e. The lowest BCUT2D eigenvalue weighted by atomic mass is 9.84. The summed E-state index contributed by atoms with van der Waals surface area (Å²) in [5, 5.41) is 9.83. The molecule has 1 aliphatic heterocycles. The van der Waals surface area contributed by atoms with Gasteiger partial charge in [0.05, 0.1) is 6.04 Å². The molecule has 0 unspecified atom stereocenters. The van der Waals surface area contributed by atoms with Crippen LogP contribution in [-0.2, 0) is 22.7 Å². The maximum absolute atomic E-state index is 14.0. The van der Waals surface area contributed by atoms with Crippen LogP contribution in [0.3, 0.4) is 0 Å². The maximum atomic E-state index is 14.0. The van der Waals surface area contributed by atoms with Crippen molar-refractivity contribution in [1.29, 1.82) is 0 Å². The quantitative estimate of drug-likeness (QED) is 0.287. The van der Waals surface area contributed by atoms with Crippen LogP contribution in [0.25, 0.3) is 0 Å². The largest absolute Gasteiger partial charge is 0.376 e. The summed E-state index contributed by atoms with van der Waals surface area (Å²) in [5.74, 6) is 0.885. The summed E-state index contributed by atoms with van der Waals surface area (Å²) >= 11 is 4.88. The summed E-state index contributed by atoms with van der Waals surface area (Å²) in [7, 11) is 0. The molecule has 3 aliphatic rings. The zero-order chi connectivity index (χ0) is 26.5. The highest BCUT2D eigenvalue weighted by molar-refractivity contribution is 7.80. The molecule has 2 amide bonds. The number of thiocarbonyl (C=S) groups is 1. The molecule has 7 nitrogen and oxygen atoms in total. The lowest BCUT2D eigenvalue weighted by molar-refractivity contribution is -0.143. The fourth-order valence-electron chi connectivity index (χ4n) is 6.42. The smallest absolute Gasteiger partial charge is 0.246 e. The Morgan fingerprint density at radius 1 is 0.950 bits per heavy atom. The Morgan fingerprint density at radius 3 is 2.27 bits per heavy atom. The van der Waals surface area contributed by atoms with E-state index in [1.165, 1.54) is 37.7 Å². The fourth-order valence-corrected chi connectivity index (χ4v) is 6.53. The number of rotatable bonds is 10. The number of amides is 2. The predicted molar refractivity (Wildman–Crippen MR) is 169 cm³/mol. The lowest BCUT2D eigenvalue weighted by Crippen LogP contribution is -2.55. The molecule has 2 aromatic rings. The minimum absolute atomic E-state index is 0. The maximum Gasteiger partial charge on any atom is 0.246 e. The van der Waals surface area contributed by atoms with Crippen molar-refractivity contribution in [3.8, 4) is 0 Å². The molecule has 5 rings (SSSR count). The number of carbonyl (C=O) groups is 2. The third kappa shape index (κ3) is 7.46. The molecule has 1 saturated heterocycles. The van der Waals surface area contributed by atoms with Gasteiger partial charge >= 0.3 is 0 Å². The molecular weight excluding hydrogens is 565 g/mol. The highest BCUT2D eigenvalue weighted by atomic mass is 35.5. The third-order valence-electron chi connectivity index (χ3n) is 8.58. The molecule has 0 spiro atoms. The van der Waals surface area contributed by atoms with Gasteiger partial charge in [0, 0.05) is 25.3 Å². The zero-order valence-corrected chi connectivity index (χ0v) is 25.2. The number of nitrogens with zero attached hydrogens (tertiary/aromatic N) is 1. The Morgan fingerprint density at radius 2 is 1.62 bits per heavy atom. The van der Waals surface area contributed by atoms with E-state index >= 15 is 0 Å². The number of halogens is 2. The molecule has 0 aromatic heterocycles. The zero-order valence-electron chi connectivity index (χ0n) is 22.8. The van der Waals surface area contributed by atoms with Gasteiger partial charge in [-0.1, -0.05) is 74.6 Å². The van der Waals surface area contributed by atoms with Crippen molar-refractivity contribution in [3.05, 3.63) is 65.7 Å². The number of nitrogens with one attached hydrogen (secondary N) is 3. The van der Waals surface area contributed by atoms with Crippen LogP contribution in [0.15, 0.2) is 54.6 Å². The van der Waals surface area contributed by atoms with E-state index in [9.17, 15) is 9.59 Å². The first-order chi connectivity index (χ1) is 18.5. The van der Waals surface area contributed by atoms with E-state index in [1.54, 1.807) is 0 Å². The Bertz CT molecular complexity index is 1150. The van der Waals surface area contributed by atoms with E-state index in [0.29, 0.717) is 25.6 Å². The SMILES string of the molecule is Cl.Cl.NC(=S)Nc1ccc(CNC(=O)[C@]23C[C@H]2CCN3C(=O)[C@@H](CC2CCCCC2)NCc2ccccc2)cc1. The Kier molecular flexibility index (Phi) is 11.6. The van der Waals surface area contributed by atoms with Crippen molar-refractivity contribution in [3.63, 3.8) is 0 Å². The van der Waals surface area contributed by atoms with E-state index in [2.05, 4.69) is 28.1 Å². The Hall–Kier alpha value is -2.39. The molecule has 10 heteroatoms. The molecule has 2 aliphatic carbocycles. The van der Waals surface area contributed by atoms with Crippen LogP contribution in [0.1, 0.15) is 62.5 Å². The summed E-state index contributed by atoms with van der Waals surface area (Å²) in [5.41, 5.74) is 7.81. The van der Waals surface area contributed by atoms with Gasteiger partial charge in [0.25, 0.3) is 0 Å². The molecule has 3 fully saturated rings. The van der Waals surface area contributed by atoms with Crippen molar-refractivity contribution in [2.45, 2.75) is 76.0 Å². The minimum atomic E-state index is -0.691. The second-order valence-corrected chi connectivity index (χ2v) is 11.6. The first kappa shape index (κ1) is 32.1. The van der Waals surface area contributed by atoms with E-state index in [4.69, 9.17) is 18.0 Å². The number of nitrogens with two attached hydrogens (primary N) is 1. The van der Waals surface area contributed by atoms with Crippen molar-refractivity contribution in [2.24, 2.45) is 17.6 Å². The third-order valence-corrected chi connectivity index (χ3v) is 8.68. The van der Waals surface area contributed by atoms with Gasteiger partial charge in [0.15, 0.2) is 5.11 Å². The molecule has 5 N–H and O–H groups in total. The van der Waals surface area contributed by atoms with Crippen molar-refractivity contribution in [2.75, 3.05) is 11.9 Å². The Labute approximate surface area is 255 Å². The topological polar surface area (TPSA) is 99.5 Å². The van der Waals surface area contributed by atoms with Gasteiger partial charge in [-0.25, -0.2) is 0 Å².